The van der Waals surface area contributed by atoms with Crippen molar-refractivity contribution in [1.29, 1.82) is 0 Å². The van der Waals surface area contributed by atoms with Crippen LogP contribution in [0, 0.1) is 0 Å². The van der Waals surface area contributed by atoms with Crippen molar-refractivity contribution in [2.24, 2.45) is 0 Å². The lowest BCUT2D eigenvalue weighted by Gasteiger charge is -2.16. The first-order valence-corrected chi connectivity index (χ1v) is 7.30. The fourth-order valence-corrected chi connectivity index (χ4v) is 2.04. The van der Waals surface area contributed by atoms with Crippen molar-refractivity contribution in [3.05, 3.63) is 35.9 Å². The molecular weight excluding hydrogens is 262 g/mol. The van der Waals surface area contributed by atoms with Gasteiger partial charge in [0.05, 0.1) is 6.61 Å². The Morgan fingerprint density at radius 3 is 2.63 bits per heavy atom. The van der Waals surface area contributed by atoms with Crippen LogP contribution in [0.2, 0.25) is 0 Å². The normalized spacial score (nSPS) is 12.5. The van der Waals surface area contributed by atoms with Gasteiger partial charge in [-0.25, -0.2) is 0 Å². The summed E-state index contributed by atoms with van der Waals surface area (Å²) >= 11 is 5.98. The Morgan fingerprint density at radius 2 is 1.95 bits per heavy atom. The molecule has 0 bridgehead atoms. The highest BCUT2D eigenvalue weighted by molar-refractivity contribution is 6.18. The molecule has 0 aliphatic rings. The summed E-state index contributed by atoms with van der Waals surface area (Å²) in [5.74, 6) is 0.610. The van der Waals surface area contributed by atoms with Crippen molar-refractivity contribution in [2.75, 3.05) is 39.4 Å². The van der Waals surface area contributed by atoms with Crippen molar-refractivity contribution < 1.29 is 9.47 Å². The topological polar surface area (TPSA) is 30.5 Å². The second kappa shape index (κ2) is 11.2. The lowest BCUT2D eigenvalue weighted by atomic mass is 10.1. The molecule has 3 nitrogen and oxygen atoms in total. The summed E-state index contributed by atoms with van der Waals surface area (Å²) in [6, 6.07) is 10.7. The second-order valence-corrected chi connectivity index (χ2v) is 4.76. The van der Waals surface area contributed by atoms with Gasteiger partial charge in [0.15, 0.2) is 0 Å². The Morgan fingerprint density at radius 1 is 1.16 bits per heavy atom. The number of alkyl halides is 1. The van der Waals surface area contributed by atoms with Crippen LogP contribution in [0.1, 0.15) is 12.0 Å². The van der Waals surface area contributed by atoms with Gasteiger partial charge >= 0.3 is 0 Å². The molecule has 0 aliphatic carbocycles. The fraction of sp³-hybridized carbons (Fsp3) is 0.600. The number of hydrogen-bond donors (Lipinski definition) is 1. The van der Waals surface area contributed by atoms with E-state index in [1.165, 1.54) is 5.56 Å². The summed E-state index contributed by atoms with van der Waals surface area (Å²) in [5.41, 5.74) is 1.31. The summed E-state index contributed by atoms with van der Waals surface area (Å²) < 4.78 is 10.5. The summed E-state index contributed by atoms with van der Waals surface area (Å²) in [7, 11) is 1.70. The second-order valence-electron chi connectivity index (χ2n) is 4.45. The molecule has 1 rings (SSSR count). The van der Waals surface area contributed by atoms with Gasteiger partial charge in [0.25, 0.3) is 0 Å². The first kappa shape index (κ1) is 16.4. The van der Waals surface area contributed by atoms with Gasteiger partial charge in [-0.1, -0.05) is 30.3 Å². The summed E-state index contributed by atoms with van der Waals surface area (Å²) in [5, 5.41) is 3.42. The van der Waals surface area contributed by atoms with E-state index in [1.54, 1.807) is 7.11 Å². The van der Waals surface area contributed by atoms with Gasteiger partial charge in [0.1, 0.15) is 0 Å². The van der Waals surface area contributed by atoms with Crippen molar-refractivity contribution in [3.8, 4) is 0 Å². The minimum absolute atomic E-state index is 0.298. The molecule has 1 atom stereocenters. The predicted octanol–water partition coefficient (Wildman–Crippen LogP) is 2.48. The zero-order valence-corrected chi connectivity index (χ0v) is 12.4. The third-order valence-corrected chi connectivity index (χ3v) is 3.20. The molecule has 0 amide bonds. The third kappa shape index (κ3) is 8.22. The molecule has 0 saturated heterocycles. The molecule has 1 unspecified atom stereocenters. The highest BCUT2D eigenvalue weighted by Crippen LogP contribution is 2.04. The first-order valence-electron chi connectivity index (χ1n) is 6.76. The van der Waals surface area contributed by atoms with E-state index in [0.29, 0.717) is 18.5 Å². The number of benzene rings is 1. The van der Waals surface area contributed by atoms with Gasteiger partial charge in [0.2, 0.25) is 0 Å². The average molecular weight is 286 g/mol. The van der Waals surface area contributed by atoms with Crippen LogP contribution in [0.25, 0.3) is 0 Å². The summed E-state index contributed by atoms with van der Waals surface area (Å²) in [4.78, 5) is 0. The maximum atomic E-state index is 5.98. The zero-order valence-electron chi connectivity index (χ0n) is 11.6. The number of hydrogen-bond acceptors (Lipinski definition) is 3. The largest absolute Gasteiger partial charge is 0.385 e. The zero-order chi connectivity index (χ0) is 13.8. The average Bonchev–Trinajstić information content (AvgIpc) is 2.46. The fourth-order valence-electron chi connectivity index (χ4n) is 1.82. The predicted molar refractivity (Wildman–Crippen MR) is 80.0 cm³/mol. The highest BCUT2D eigenvalue weighted by atomic mass is 35.5. The molecule has 0 aliphatic heterocycles. The maximum absolute atomic E-state index is 5.98. The van der Waals surface area contributed by atoms with Crippen LogP contribution in [0.5, 0.6) is 0 Å². The van der Waals surface area contributed by atoms with Crippen molar-refractivity contribution in [1.82, 2.24) is 5.32 Å². The van der Waals surface area contributed by atoms with Crippen molar-refractivity contribution in [2.45, 2.75) is 18.9 Å². The van der Waals surface area contributed by atoms with Crippen LogP contribution in [0.3, 0.4) is 0 Å². The van der Waals surface area contributed by atoms with Crippen LogP contribution >= 0.6 is 11.6 Å². The van der Waals surface area contributed by atoms with Crippen LogP contribution in [0.4, 0.5) is 0 Å². The molecule has 1 N–H and O–H groups in total. The Labute approximate surface area is 121 Å². The van der Waals surface area contributed by atoms with E-state index in [9.17, 15) is 0 Å². The van der Waals surface area contributed by atoms with Crippen molar-refractivity contribution in [3.63, 3.8) is 0 Å². The molecule has 4 heteroatoms. The monoisotopic (exact) mass is 285 g/mol. The van der Waals surface area contributed by atoms with Gasteiger partial charge in [-0.15, -0.1) is 11.6 Å². The standard InChI is InChI=1S/C15H24ClNO2/c1-18-9-5-10-19-11-8-17-15(13-16)12-14-6-3-2-4-7-14/h2-4,6-7,15,17H,5,8-13H2,1H3. The molecule has 1 aromatic carbocycles. The SMILES string of the molecule is COCCCOCCNC(CCl)Cc1ccccc1. The molecule has 19 heavy (non-hydrogen) atoms. The van der Waals surface area contributed by atoms with Crippen LogP contribution in [-0.4, -0.2) is 45.4 Å². The molecule has 108 valence electrons. The molecule has 0 radical (unpaired) electrons. The summed E-state index contributed by atoms with van der Waals surface area (Å²) in [6.45, 7) is 3.05. The quantitative estimate of drug-likeness (QED) is 0.500. The number of rotatable bonds is 11. The number of halogens is 1. The Hall–Kier alpha value is -0.610. The molecule has 1 aromatic rings. The third-order valence-electron chi connectivity index (χ3n) is 2.83. The van der Waals surface area contributed by atoms with E-state index in [-0.39, 0.29) is 0 Å². The maximum Gasteiger partial charge on any atom is 0.0591 e. The van der Waals surface area contributed by atoms with Crippen LogP contribution in [0.15, 0.2) is 30.3 Å². The van der Waals surface area contributed by atoms with Gasteiger partial charge < -0.3 is 14.8 Å². The molecule has 0 spiro atoms. The first-order chi connectivity index (χ1) is 9.36. The van der Waals surface area contributed by atoms with Crippen LogP contribution in [-0.2, 0) is 15.9 Å². The molecule has 0 saturated carbocycles. The highest BCUT2D eigenvalue weighted by Gasteiger charge is 2.06. The van der Waals surface area contributed by atoms with Crippen molar-refractivity contribution >= 4 is 11.6 Å². The molecule has 0 heterocycles. The number of methoxy groups -OCH3 is 1. The lowest BCUT2D eigenvalue weighted by molar-refractivity contribution is 0.103. The van der Waals surface area contributed by atoms with Gasteiger partial charge in [-0.2, -0.15) is 0 Å². The van der Waals surface area contributed by atoms with Crippen LogP contribution < -0.4 is 5.32 Å². The lowest BCUT2D eigenvalue weighted by Crippen LogP contribution is -2.35. The molecule has 0 fully saturated rings. The Kier molecular flexibility index (Phi) is 9.72. The summed E-state index contributed by atoms with van der Waals surface area (Å²) in [6.07, 6.45) is 1.90. The van der Waals surface area contributed by atoms with E-state index in [4.69, 9.17) is 21.1 Å². The smallest absolute Gasteiger partial charge is 0.0591 e. The molecule has 0 aromatic heterocycles. The number of ether oxygens (including phenoxy) is 2. The minimum Gasteiger partial charge on any atom is -0.385 e. The Balaban J connectivity index is 2.09. The minimum atomic E-state index is 0.298. The van der Waals surface area contributed by atoms with E-state index in [1.807, 2.05) is 6.07 Å². The van der Waals surface area contributed by atoms with E-state index in [2.05, 4.69) is 29.6 Å². The van der Waals surface area contributed by atoms with E-state index in [0.717, 1.165) is 32.6 Å². The molecular formula is C15H24ClNO2. The van der Waals surface area contributed by atoms with Gasteiger partial charge in [-0.3, -0.25) is 0 Å². The van der Waals surface area contributed by atoms with E-state index >= 15 is 0 Å². The Bertz CT molecular complexity index is 308. The van der Waals surface area contributed by atoms with E-state index < -0.39 is 0 Å². The van der Waals surface area contributed by atoms with Gasteiger partial charge in [-0.05, 0) is 18.4 Å². The van der Waals surface area contributed by atoms with Gasteiger partial charge in [0, 0.05) is 38.8 Å². The number of nitrogens with one attached hydrogen (secondary N) is 1.